The average Bonchev–Trinajstić information content (AvgIpc) is 2.72. The first-order chi connectivity index (χ1) is 14.2. The summed E-state index contributed by atoms with van der Waals surface area (Å²) in [7, 11) is 0.454. The lowest BCUT2D eigenvalue weighted by atomic mass is 10.0. The van der Waals surface area contributed by atoms with Crippen molar-refractivity contribution in [2.24, 2.45) is 0 Å². The first kappa shape index (κ1) is 21.6. The molecule has 0 saturated carbocycles. The molecule has 160 valence electrons. The highest BCUT2D eigenvalue weighted by atomic mass is 32.2. The van der Waals surface area contributed by atoms with Gasteiger partial charge in [0.15, 0.2) is 6.61 Å². The summed E-state index contributed by atoms with van der Waals surface area (Å²) in [5.41, 5.74) is 2.00. The summed E-state index contributed by atoms with van der Waals surface area (Å²) >= 11 is 0. The number of aryl methyl sites for hydroxylation is 1. The fraction of sp³-hybridized carbons (Fsp3) is 0.300. The van der Waals surface area contributed by atoms with E-state index < -0.39 is 15.9 Å². The molecule has 0 bridgehead atoms. The lowest BCUT2D eigenvalue weighted by Gasteiger charge is -2.18. The van der Waals surface area contributed by atoms with Gasteiger partial charge in [-0.2, -0.15) is 0 Å². The Labute approximate surface area is 175 Å². The summed E-state index contributed by atoms with van der Waals surface area (Å²) in [4.78, 5) is 23.7. The van der Waals surface area contributed by atoms with Crippen LogP contribution in [-0.4, -0.2) is 52.3 Å². The van der Waals surface area contributed by atoms with E-state index in [0.717, 1.165) is 15.6 Å². The van der Waals surface area contributed by atoms with Crippen LogP contribution in [0.5, 0.6) is 11.5 Å². The summed E-state index contributed by atoms with van der Waals surface area (Å²) in [6, 6.07) is 9.57. The van der Waals surface area contributed by atoms with E-state index in [9.17, 15) is 18.0 Å². The molecule has 2 amide bonds. The molecule has 0 saturated heterocycles. The second-order valence-corrected chi connectivity index (χ2v) is 8.98. The van der Waals surface area contributed by atoms with Gasteiger partial charge in [-0.1, -0.05) is 0 Å². The minimum atomic E-state index is -3.75. The number of rotatable bonds is 7. The van der Waals surface area contributed by atoms with Crippen molar-refractivity contribution in [3.8, 4) is 11.5 Å². The van der Waals surface area contributed by atoms with Crippen LogP contribution in [-0.2, 0) is 26.0 Å². The SMILES string of the molecule is COc1ccc(NC(=O)COc2ccc3c(c2)CCC(=O)N3)cc1S(=O)(=O)N(C)C. The van der Waals surface area contributed by atoms with E-state index in [1.54, 1.807) is 24.3 Å². The highest BCUT2D eigenvalue weighted by molar-refractivity contribution is 7.89. The number of nitrogens with one attached hydrogen (secondary N) is 2. The van der Waals surface area contributed by atoms with E-state index in [1.165, 1.54) is 33.3 Å². The number of anilines is 2. The number of fused-ring (bicyclic) bond motifs is 1. The van der Waals surface area contributed by atoms with Gasteiger partial charge in [-0.25, -0.2) is 12.7 Å². The average molecular weight is 433 g/mol. The van der Waals surface area contributed by atoms with E-state index >= 15 is 0 Å². The molecule has 0 fully saturated rings. The molecule has 2 aromatic carbocycles. The molecule has 0 spiro atoms. The Morgan fingerprint density at radius 2 is 1.93 bits per heavy atom. The van der Waals surface area contributed by atoms with Crippen molar-refractivity contribution < 1.29 is 27.5 Å². The van der Waals surface area contributed by atoms with Crippen LogP contribution in [0.25, 0.3) is 0 Å². The van der Waals surface area contributed by atoms with Crippen LogP contribution in [0.2, 0.25) is 0 Å². The van der Waals surface area contributed by atoms with Crippen molar-refractivity contribution >= 4 is 33.2 Å². The van der Waals surface area contributed by atoms with E-state index in [-0.39, 0.29) is 23.2 Å². The number of sulfonamides is 1. The number of hydrogen-bond acceptors (Lipinski definition) is 6. The third kappa shape index (κ3) is 4.71. The van der Waals surface area contributed by atoms with Crippen molar-refractivity contribution in [2.75, 3.05) is 38.4 Å². The van der Waals surface area contributed by atoms with Crippen molar-refractivity contribution in [3.05, 3.63) is 42.0 Å². The summed E-state index contributed by atoms with van der Waals surface area (Å²) in [6.07, 6.45) is 1.02. The zero-order valence-corrected chi connectivity index (χ0v) is 17.7. The number of amides is 2. The van der Waals surface area contributed by atoms with E-state index in [4.69, 9.17) is 9.47 Å². The lowest BCUT2D eigenvalue weighted by molar-refractivity contribution is -0.118. The van der Waals surface area contributed by atoms with Gasteiger partial charge < -0.3 is 20.1 Å². The fourth-order valence-electron chi connectivity index (χ4n) is 2.95. The molecule has 0 aromatic heterocycles. The van der Waals surface area contributed by atoms with E-state index in [0.29, 0.717) is 24.3 Å². The van der Waals surface area contributed by atoms with Crippen molar-refractivity contribution in [2.45, 2.75) is 17.7 Å². The lowest BCUT2D eigenvalue weighted by Crippen LogP contribution is -2.24. The zero-order chi connectivity index (χ0) is 21.9. The minimum Gasteiger partial charge on any atom is -0.495 e. The monoisotopic (exact) mass is 433 g/mol. The molecule has 2 aromatic rings. The smallest absolute Gasteiger partial charge is 0.262 e. The molecule has 0 radical (unpaired) electrons. The van der Waals surface area contributed by atoms with Crippen LogP contribution in [0.4, 0.5) is 11.4 Å². The number of ether oxygens (including phenoxy) is 2. The molecule has 2 N–H and O–H groups in total. The predicted octanol–water partition coefficient (Wildman–Crippen LogP) is 1.85. The number of carbonyl (C=O) groups excluding carboxylic acids is 2. The summed E-state index contributed by atoms with van der Waals surface area (Å²) < 4.78 is 36.7. The normalized spacial score (nSPS) is 13.4. The molecule has 0 aliphatic carbocycles. The Morgan fingerprint density at radius 1 is 1.17 bits per heavy atom. The number of benzene rings is 2. The van der Waals surface area contributed by atoms with Crippen LogP contribution >= 0.6 is 0 Å². The van der Waals surface area contributed by atoms with Gasteiger partial charge in [0.25, 0.3) is 5.91 Å². The van der Waals surface area contributed by atoms with Gasteiger partial charge in [-0.15, -0.1) is 0 Å². The highest BCUT2D eigenvalue weighted by Gasteiger charge is 2.23. The second-order valence-electron chi connectivity index (χ2n) is 6.86. The molecule has 0 unspecified atom stereocenters. The number of nitrogens with zero attached hydrogens (tertiary/aromatic N) is 1. The molecule has 0 atom stereocenters. The molecule has 9 nitrogen and oxygen atoms in total. The van der Waals surface area contributed by atoms with Crippen LogP contribution in [0, 0.1) is 0 Å². The molecule has 10 heteroatoms. The Morgan fingerprint density at radius 3 is 2.63 bits per heavy atom. The van der Waals surface area contributed by atoms with E-state index in [1.807, 2.05) is 0 Å². The maximum atomic E-state index is 12.5. The van der Waals surface area contributed by atoms with Gasteiger partial charge in [0.05, 0.1) is 7.11 Å². The first-order valence-electron chi connectivity index (χ1n) is 9.16. The van der Waals surface area contributed by atoms with Crippen LogP contribution in [0.1, 0.15) is 12.0 Å². The van der Waals surface area contributed by atoms with Crippen LogP contribution < -0.4 is 20.1 Å². The second kappa shape index (κ2) is 8.72. The van der Waals surface area contributed by atoms with Gasteiger partial charge in [-0.3, -0.25) is 9.59 Å². The Bertz CT molecular complexity index is 1080. The van der Waals surface area contributed by atoms with Gasteiger partial charge in [0.1, 0.15) is 16.4 Å². The van der Waals surface area contributed by atoms with Crippen LogP contribution in [0.3, 0.4) is 0 Å². The molecule has 1 heterocycles. The Hall–Kier alpha value is -3.11. The summed E-state index contributed by atoms with van der Waals surface area (Å²) in [6.45, 7) is -0.257. The molecule has 30 heavy (non-hydrogen) atoms. The molecular formula is C20H23N3O6S. The third-order valence-electron chi connectivity index (χ3n) is 4.55. The highest BCUT2D eigenvalue weighted by Crippen LogP contribution is 2.29. The van der Waals surface area contributed by atoms with Crippen molar-refractivity contribution in [1.29, 1.82) is 0 Å². The topological polar surface area (TPSA) is 114 Å². The van der Waals surface area contributed by atoms with Crippen molar-refractivity contribution in [3.63, 3.8) is 0 Å². The maximum Gasteiger partial charge on any atom is 0.262 e. The zero-order valence-electron chi connectivity index (χ0n) is 16.9. The van der Waals surface area contributed by atoms with Crippen LogP contribution in [0.15, 0.2) is 41.3 Å². The van der Waals surface area contributed by atoms with Gasteiger partial charge in [-0.05, 0) is 48.4 Å². The molecule has 1 aliphatic rings. The van der Waals surface area contributed by atoms with E-state index in [2.05, 4.69) is 10.6 Å². The maximum absolute atomic E-state index is 12.5. The van der Waals surface area contributed by atoms with Gasteiger partial charge >= 0.3 is 0 Å². The van der Waals surface area contributed by atoms with Gasteiger partial charge in [0, 0.05) is 31.9 Å². The van der Waals surface area contributed by atoms with Gasteiger partial charge in [0.2, 0.25) is 15.9 Å². The third-order valence-corrected chi connectivity index (χ3v) is 6.38. The predicted molar refractivity (Wildman–Crippen MR) is 111 cm³/mol. The summed E-state index contributed by atoms with van der Waals surface area (Å²) in [5.74, 6) is 0.217. The molecular weight excluding hydrogens is 410 g/mol. The first-order valence-corrected chi connectivity index (χ1v) is 10.6. The molecule has 1 aliphatic heterocycles. The number of carbonyl (C=O) groups is 2. The Kier molecular flexibility index (Phi) is 6.28. The summed E-state index contributed by atoms with van der Waals surface area (Å²) in [5, 5.41) is 5.41. The van der Waals surface area contributed by atoms with Crippen molar-refractivity contribution in [1.82, 2.24) is 4.31 Å². The standard InChI is InChI=1S/C20H23N3O6S/c1-23(2)30(26,27)18-11-14(5-8-17(18)28-3)21-20(25)12-29-15-6-7-16-13(10-15)4-9-19(24)22-16/h5-8,10-11H,4,9,12H2,1-3H3,(H,21,25)(H,22,24). The fourth-order valence-corrected chi connectivity index (χ4v) is 4.02. The largest absolute Gasteiger partial charge is 0.495 e. The molecule has 3 rings (SSSR count). The minimum absolute atomic E-state index is 0.0225. The quantitative estimate of drug-likeness (QED) is 0.689. The number of methoxy groups -OCH3 is 1. The number of hydrogen-bond donors (Lipinski definition) is 2. The Balaban J connectivity index is 1.67.